The van der Waals surface area contributed by atoms with Crippen molar-refractivity contribution in [2.24, 2.45) is 11.3 Å². The van der Waals surface area contributed by atoms with E-state index in [1.165, 1.54) is 0 Å². The molecule has 21 heavy (non-hydrogen) atoms. The van der Waals surface area contributed by atoms with Gasteiger partial charge in [0.25, 0.3) is 5.91 Å². The highest BCUT2D eigenvalue weighted by atomic mass is 16.5. The first-order valence-corrected chi connectivity index (χ1v) is 7.27. The summed E-state index contributed by atoms with van der Waals surface area (Å²) >= 11 is 0. The molecule has 0 bridgehead atoms. The van der Waals surface area contributed by atoms with Crippen LogP contribution in [0, 0.1) is 11.3 Å². The molecule has 0 unspecified atom stereocenters. The lowest BCUT2D eigenvalue weighted by atomic mass is 9.82. The van der Waals surface area contributed by atoms with Crippen LogP contribution in [0.1, 0.15) is 10.4 Å². The molecule has 2 saturated heterocycles. The van der Waals surface area contributed by atoms with Crippen LogP contribution < -0.4 is 0 Å². The molecule has 5 heteroatoms. The third-order valence-electron chi connectivity index (χ3n) is 4.94. The minimum absolute atomic E-state index is 0.0327. The number of aliphatic hydroxyl groups is 1. The largest absolute Gasteiger partial charge is 0.396 e. The molecule has 1 amide bonds. The lowest BCUT2D eigenvalue weighted by Gasteiger charge is -2.24. The van der Waals surface area contributed by atoms with Crippen LogP contribution in [0.2, 0.25) is 0 Å². The average Bonchev–Trinajstić information content (AvgIpc) is 3.18. The standard InChI is InChI=1S/C16H18N2O3/c19-9-16-8-18(6-12(16)7-21-10-16)15(20)13-3-1-2-11-4-5-17-14(11)13/h1-5,12,17,19H,6-10H2/t12-,16-/m0/s1. The van der Waals surface area contributed by atoms with Gasteiger partial charge in [-0.1, -0.05) is 12.1 Å². The minimum atomic E-state index is -0.265. The molecule has 2 fully saturated rings. The highest BCUT2D eigenvalue weighted by molar-refractivity contribution is 6.05. The van der Waals surface area contributed by atoms with Crippen LogP contribution in [0.3, 0.4) is 0 Å². The zero-order valence-corrected chi connectivity index (χ0v) is 11.7. The second kappa shape index (κ2) is 4.58. The third kappa shape index (κ3) is 1.81. The molecule has 1 aromatic carbocycles. The van der Waals surface area contributed by atoms with Crippen LogP contribution >= 0.6 is 0 Å². The Bertz CT molecular complexity index is 696. The van der Waals surface area contributed by atoms with Gasteiger partial charge in [0, 0.05) is 36.0 Å². The van der Waals surface area contributed by atoms with E-state index in [-0.39, 0.29) is 23.8 Å². The van der Waals surface area contributed by atoms with Crippen molar-refractivity contribution in [3.05, 3.63) is 36.0 Å². The molecule has 2 aromatic rings. The van der Waals surface area contributed by atoms with E-state index < -0.39 is 0 Å². The minimum Gasteiger partial charge on any atom is -0.396 e. The molecule has 2 aliphatic heterocycles. The summed E-state index contributed by atoms with van der Waals surface area (Å²) in [6.07, 6.45) is 1.85. The van der Waals surface area contributed by atoms with Crippen molar-refractivity contribution >= 4 is 16.8 Å². The van der Waals surface area contributed by atoms with Crippen molar-refractivity contribution < 1.29 is 14.6 Å². The Balaban J connectivity index is 1.66. The fraction of sp³-hybridized carbons (Fsp3) is 0.438. The number of hydrogen-bond acceptors (Lipinski definition) is 3. The predicted octanol–water partition coefficient (Wildman–Crippen LogP) is 1.25. The summed E-state index contributed by atoms with van der Waals surface area (Å²) in [7, 11) is 0. The van der Waals surface area contributed by atoms with Crippen molar-refractivity contribution in [1.29, 1.82) is 0 Å². The number of aliphatic hydroxyl groups excluding tert-OH is 1. The monoisotopic (exact) mass is 286 g/mol. The Morgan fingerprint density at radius 3 is 3.19 bits per heavy atom. The molecule has 0 radical (unpaired) electrons. The Kier molecular flexibility index (Phi) is 2.80. The number of nitrogens with one attached hydrogen (secondary N) is 1. The average molecular weight is 286 g/mol. The molecule has 0 spiro atoms. The van der Waals surface area contributed by atoms with E-state index in [1.807, 2.05) is 35.4 Å². The van der Waals surface area contributed by atoms with Gasteiger partial charge in [0.2, 0.25) is 0 Å². The van der Waals surface area contributed by atoms with Gasteiger partial charge in [-0.15, -0.1) is 0 Å². The van der Waals surface area contributed by atoms with Crippen molar-refractivity contribution in [2.45, 2.75) is 0 Å². The SMILES string of the molecule is O=C(c1cccc2cc[nH]c12)N1C[C@H]2COC[C@@]2(CO)C1. The maximum absolute atomic E-state index is 12.8. The maximum atomic E-state index is 12.8. The fourth-order valence-electron chi connectivity index (χ4n) is 3.64. The highest BCUT2D eigenvalue weighted by Gasteiger charge is 2.51. The number of carbonyl (C=O) groups excluding carboxylic acids is 1. The molecule has 2 atom stereocenters. The summed E-state index contributed by atoms with van der Waals surface area (Å²) in [5.74, 6) is 0.277. The van der Waals surface area contributed by atoms with Crippen LogP contribution in [-0.2, 0) is 4.74 Å². The number of likely N-dealkylation sites (tertiary alicyclic amines) is 1. The van der Waals surface area contributed by atoms with Gasteiger partial charge in [0.05, 0.1) is 30.9 Å². The first-order chi connectivity index (χ1) is 10.2. The Morgan fingerprint density at radius 1 is 1.48 bits per heavy atom. The number of ether oxygens (including phenoxy) is 1. The summed E-state index contributed by atoms with van der Waals surface area (Å²) in [5.41, 5.74) is 1.32. The zero-order chi connectivity index (χ0) is 14.4. The number of aromatic amines is 1. The lowest BCUT2D eigenvalue weighted by molar-refractivity contribution is 0.0632. The van der Waals surface area contributed by atoms with E-state index in [0.717, 1.165) is 10.9 Å². The number of amides is 1. The third-order valence-corrected chi connectivity index (χ3v) is 4.94. The van der Waals surface area contributed by atoms with Gasteiger partial charge in [0.1, 0.15) is 0 Å². The highest BCUT2D eigenvalue weighted by Crippen LogP contribution is 2.41. The van der Waals surface area contributed by atoms with E-state index in [0.29, 0.717) is 31.9 Å². The molecule has 1 aromatic heterocycles. The summed E-state index contributed by atoms with van der Waals surface area (Å²) in [5, 5.41) is 10.8. The lowest BCUT2D eigenvalue weighted by Crippen LogP contribution is -2.36. The number of carbonyl (C=O) groups is 1. The van der Waals surface area contributed by atoms with Gasteiger partial charge in [-0.25, -0.2) is 0 Å². The quantitative estimate of drug-likeness (QED) is 0.873. The van der Waals surface area contributed by atoms with Gasteiger partial charge in [0.15, 0.2) is 0 Å². The van der Waals surface area contributed by atoms with Crippen LogP contribution in [0.25, 0.3) is 10.9 Å². The predicted molar refractivity (Wildman–Crippen MR) is 78.0 cm³/mol. The first kappa shape index (κ1) is 12.9. The van der Waals surface area contributed by atoms with Crippen molar-refractivity contribution in [3.8, 4) is 0 Å². The zero-order valence-electron chi connectivity index (χ0n) is 11.7. The van der Waals surface area contributed by atoms with E-state index in [4.69, 9.17) is 4.74 Å². The number of rotatable bonds is 2. The Morgan fingerprint density at radius 2 is 2.38 bits per heavy atom. The molecular weight excluding hydrogens is 268 g/mol. The van der Waals surface area contributed by atoms with Gasteiger partial charge in [-0.3, -0.25) is 4.79 Å². The van der Waals surface area contributed by atoms with E-state index >= 15 is 0 Å². The normalized spacial score (nSPS) is 28.2. The second-order valence-electron chi connectivity index (χ2n) is 6.17. The van der Waals surface area contributed by atoms with Gasteiger partial charge < -0.3 is 19.7 Å². The molecule has 0 aliphatic carbocycles. The Labute approximate surface area is 122 Å². The molecule has 0 saturated carbocycles. The smallest absolute Gasteiger partial charge is 0.256 e. The summed E-state index contributed by atoms with van der Waals surface area (Å²) < 4.78 is 5.49. The number of benzene rings is 1. The molecular formula is C16H18N2O3. The molecule has 3 heterocycles. The Hall–Kier alpha value is -1.85. The van der Waals surface area contributed by atoms with Gasteiger partial charge in [-0.05, 0) is 12.1 Å². The van der Waals surface area contributed by atoms with Crippen molar-refractivity contribution in [2.75, 3.05) is 32.9 Å². The van der Waals surface area contributed by atoms with Gasteiger partial charge >= 0.3 is 0 Å². The van der Waals surface area contributed by atoms with Gasteiger partial charge in [-0.2, -0.15) is 0 Å². The maximum Gasteiger partial charge on any atom is 0.256 e. The molecule has 2 aliphatic rings. The first-order valence-electron chi connectivity index (χ1n) is 7.27. The molecule has 4 rings (SSSR count). The summed E-state index contributed by atoms with van der Waals surface area (Å²) in [6.45, 7) is 2.50. The van der Waals surface area contributed by atoms with Crippen LogP contribution in [0.4, 0.5) is 0 Å². The fourth-order valence-corrected chi connectivity index (χ4v) is 3.64. The van der Waals surface area contributed by atoms with E-state index in [2.05, 4.69) is 4.98 Å². The second-order valence-corrected chi connectivity index (χ2v) is 6.17. The topological polar surface area (TPSA) is 65.6 Å². The van der Waals surface area contributed by atoms with Crippen LogP contribution in [0.15, 0.2) is 30.5 Å². The molecule has 2 N–H and O–H groups in total. The van der Waals surface area contributed by atoms with Crippen LogP contribution in [0.5, 0.6) is 0 Å². The number of H-pyrrole nitrogens is 1. The summed E-state index contributed by atoms with van der Waals surface area (Å²) in [4.78, 5) is 17.8. The molecule has 110 valence electrons. The van der Waals surface area contributed by atoms with E-state index in [9.17, 15) is 9.90 Å². The molecule has 5 nitrogen and oxygen atoms in total. The van der Waals surface area contributed by atoms with Crippen molar-refractivity contribution in [1.82, 2.24) is 9.88 Å². The number of fused-ring (bicyclic) bond motifs is 2. The van der Waals surface area contributed by atoms with E-state index in [1.54, 1.807) is 0 Å². The number of hydrogen-bond donors (Lipinski definition) is 2. The number of aromatic nitrogens is 1. The van der Waals surface area contributed by atoms with Crippen molar-refractivity contribution in [3.63, 3.8) is 0 Å². The summed E-state index contributed by atoms with van der Waals surface area (Å²) in [6, 6.07) is 7.72. The van der Waals surface area contributed by atoms with Crippen LogP contribution in [-0.4, -0.2) is 53.8 Å². The number of nitrogens with zero attached hydrogens (tertiary/aromatic N) is 1. The number of para-hydroxylation sites is 1.